The van der Waals surface area contributed by atoms with E-state index in [1.165, 1.54) is 4.56 Å². The summed E-state index contributed by atoms with van der Waals surface area (Å²) in [6.07, 6.45) is 0. The number of hydrogen-bond donors (Lipinski definition) is 0. The van der Waals surface area contributed by atoms with E-state index in [0.29, 0.717) is 0 Å². The van der Waals surface area contributed by atoms with Crippen LogP contribution in [-0.4, -0.2) is 41.9 Å². The van der Waals surface area contributed by atoms with Gasteiger partial charge in [0.15, 0.2) is 0 Å². The Balaban J connectivity index is 3.39. The van der Waals surface area contributed by atoms with E-state index in [4.69, 9.17) is 0 Å². The Morgan fingerprint density at radius 3 is 1.50 bits per heavy atom. The Kier molecular flexibility index (Phi) is 3.35. The zero-order valence-electron chi connectivity index (χ0n) is 6.65. The summed E-state index contributed by atoms with van der Waals surface area (Å²) in [5.41, 5.74) is 0. The Bertz CT molecular complexity index is 63.4. The van der Waals surface area contributed by atoms with Crippen LogP contribution in [0.3, 0.4) is 0 Å². The molecule has 0 saturated carbocycles. The summed E-state index contributed by atoms with van der Waals surface area (Å²) in [5, 5.41) is 0. The molecule has 2 heteroatoms. The fourth-order valence-corrected chi connectivity index (χ4v) is 6.36. The molecule has 0 fully saturated rings. The number of hydrogen-bond acceptors (Lipinski definition) is 1. The van der Waals surface area contributed by atoms with E-state index in [1.807, 2.05) is 0 Å². The fourth-order valence-electron chi connectivity index (χ4n) is 0.949. The van der Waals surface area contributed by atoms with Gasteiger partial charge < -0.3 is 0 Å². The zero-order chi connectivity index (χ0) is 6.78. The molecule has 0 aliphatic rings. The van der Waals surface area contributed by atoms with Gasteiger partial charge in [0.25, 0.3) is 0 Å². The van der Waals surface area contributed by atoms with Crippen LogP contribution in [0, 0.1) is 0 Å². The molecule has 0 aliphatic carbocycles. The fraction of sp³-hybridized carbons (Fsp3) is 1.00. The van der Waals surface area contributed by atoms with Crippen LogP contribution < -0.4 is 0 Å². The van der Waals surface area contributed by atoms with Crippen LogP contribution in [0.5, 0.6) is 0 Å². The van der Waals surface area contributed by atoms with E-state index in [1.54, 1.807) is 0 Å². The molecule has 0 spiro atoms. The van der Waals surface area contributed by atoms with Crippen LogP contribution in [0.4, 0.5) is 0 Å². The van der Waals surface area contributed by atoms with Crippen molar-refractivity contribution in [1.82, 2.24) is 4.90 Å². The molecule has 0 aromatic rings. The van der Waals surface area contributed by atoms with Gasteiger partial charge in [0, 0.05) is 0 Å². The maximum atomic E-state index is 2.45. The van der Waals surface area contributed by atoms with E-state index in [2.05, 4.69) is 33.8 Å². The van der Waals surface area contributed by atoms with Crippen molar-refractivity contribution in [1.29, 1.82) is 0 Å². The quantitative estimate of drug-likeness (QED) is 0.638. The molecule has 0 rings (SSSR count). The topological polar surface area (TPSA) is 3.24 Å². The maximum absolute atomic E-state index is 2.45. The van der Waals surface area contributed by atoms with Crippen molar-refractivity contribution < 1.29 is 0 Å². The molecule has 0 amide bonds. The summed E-state index contributed by atoms with van der Waals surface area (Å²) in [6, 6.07) is 0. The molecule has 0 radical (unpaired) electrons. The molecule has 0 aromatic carbocycles. The van der Waals surface area contributed by atoms with E-state index in [-0.39, 0.29) is 0 Å². The van der Waals surface area contributed by atoms with Crippen molar-refractivity contribution in [2.45, 2.75) is 14.8 Å². The standard InChI is InChI=1S/C3H8N.3CH3.Sn/c1-4(2)3;;;;/h1H2,2-3H3;3*1H3;. The molecule has 0 unspecified atom stereocenters. The van der Waals surface area contributed by atoms with Gasteiger partial charge in [0.1, 0.15) is 0 Å². The Labute approximate surface area is 56.9 Å². The summed E-state index contributed by atoms with van der Waals surface area (Å²) in [6.45, 7) is 0. The predicted molar refractivity (Wildman–Crippen MR) is 41.9 cm³/mol. The Morgan fingerprint density at radius 2 is 1.50 bits per heavy atom. The van der Waals surface area contributed by atoms with Gasteiger partial charge in [-0.3, -0.25) is 0 Å². The van der Waals surface area contributed by atoms with Crippen molar-refractivity contribution in [3.05, 3.63) is 0 Å². The van der Waals surface area contributed by atoms with Gasteiger partial charge in [-0.25, -0.2) is 0 Å². The van der Waals surface area contributed by atoms with Gasteiger partial charge in [0.05, 0.1) is 0 Å². The third-order valence-corrected chi connectivity index (χ3v) is 5.30. The van der Waals surface area contributed by atoms with E-state index in [0.717, 1.165) is 0 Å². The van der Waals surface area contributed by atoms with Crippen molar-refractivity contribution in [2.24, 2.45) is 0 Å². The molecule has 0 aliphatic heterocycles. The minimum atomic E-state index is -1.43. The molecule has 0 bridgehead atoms. The number of nitrogens with zero attached hydrogens (tertiary/aromatic N) is 1. The van der Waals surface area contributed by atoms with Crippen LogP contribution in [0.15, 0.2) is 0 Å². The van der Waals surface area contributed by atoms with Gasteiger partial charge in [-0.15, -0.1) is 0 Å². The first kappa shape index (κ1) is 8.76. The van der Waals surface area contributed by atoms with Crippen LogP contribution in [0.2, 0.25) is 14.8 Å². The summed E-state index contributed by atoms with van der Waals surface area (Å²) in [4.78, 5) is 9.66. The normalized spacial score (nSPS) is 12.8. The van der Waals surface area contributed by atoms with E-state index >= 15 is 0 Å². The second kappa shape index (κ2) is 3.06. The summed E-state index contributed by atoms with van der Waals surface area (Å²) in [7, 11) is 4.31. The molecule has 0 saturated heterocycles. The van der Waals surface area contributed by atoms with Crippen molar-refractivity contribution in [2.75, 3.05) is 18.7 Å². The predicted octanol–water partition coefficient (Wildman–Crippen LogP) is 1.43. The van der Waals surface area contributed by atoms with Gasteiger partial charge in [0.2, 0.25) is 0 Å². The van der Waals surface area contributed by atoms with Crippen molar-refractivity contribution in [3.63, 3.8) is 0 Å². The molecule has 0 N–H and O–H groups in total. The average Bonchev–Trinajstić information content (AvgIpc) is 1.21. The van der Waals surface area contributed by atoms with Gasteiger partial charge in [-0.1, -0.05) is 0 Å². The van der Waals surface area contributed by atoms with Crippen molar-refractivity contribution >= 4 is 18.4 Å². The summed E-state index contributed by atoms with van der Waals surface area (Å²) in [5.74, 6) is 0. The third kappa shape index (κ3) is 6.76. The second-order valence-corrected chi connectivity index (χ2v) is 19.3. The first-order valence-corrected chi connectivity index (χ1v) is 13.6. The zero-order valence-corrected chi connectivity index (χ0v) is 9.51. The molecule has 50 valence electrons. The summed E-state index contributed by atoms with van der Waals surface area (Å²) >= 11 is -1.43. The van der Waals surface area contributed by atoms with E-state index in [9.17, 15) is 0 Å². The third-order valence-electron chi connectivity index (χ3n) is 0.791. The Hall–Kier alpha value is 0.759. The average molecular weight is 222 g/mol. The first-order valence-electron chi connectivity index (χ1n) is 3.06. The monoisotopic (exact) mass is 223 g/mol. The SMILES string of the molecule is CN(C)[CH2][Sn]([CH3])([CH3])[CH3]. The van der Waals surface area contributed by atoms with Gasteiger partial charge in [-0.05, 0) is 0 Å². The molecular formula is C6H17NSn. The molecule has 1 nitrogen and oxygen atoms in total. The Morgan fingerprint density at radius 1 is 1.12 bits per heavy atom. The first-order chi connectivity index (χ1) is 3.42. The summed E-state index contributed by atoms with van der Waals surface area (Å²) < 4.78 is 1.37. The van der Waals surface area contributed by atoms with Crippen LogP contribution in [0.25, 0.3) is 0 Å². The second-order valence-electron chi connectivity index (χ2n) is 3.80. The van der Waals surface area contributed by atoms with Crippen LogP contribution in [0.1, 0.15) is 0 Å². The minimum absolute atomic E-state index is 1.37. The molecule has 0 atom stereocenters. The van der Waals surface area contributed by atoms with Crippen LogP contribution in [-0.2, 0) is 0 Å². The van der Waals surface area contributed by atoms with E-state index < -0.39 is 18.4 Å². The van der Waals surface area contributed by atoms with Gasteiger partial charge in [-0.2, -0.15) is 0 Å². The van der Waals surface area contributed by atoms with Crippen molar-refractivity contribution in [3.8, 4) is 0 Å². The van der Waals surface area contributed by atoms with Crippen LogP contribution >= 0.6 is 0 Å². The molecule has 8 heavy (non-hydrogen) atoms. The molecule has 0 aromatic heterocycles. The van der Waals surface area contributed by atoms with Gasteiger partial charge >= 0.3 is 56.8 Å². The number of rotatable bonds is 2. The molecule has 0 heterocycles. The molecular weight excluding hydrogens is 205 g/mol.